The summed E-state index contributed by atoms with van der Waals surface area (Å²) >= 11 is 0. The van der Waals surface area contributed by atoms with Gasteiger partial charge < -0.3 is 22.5 Å². The van der Waals surface area contributed by atoms with Gasteiger partial charge in [-0.05, 0) is 23.8 Å². The van der Waals surface area contributed by atoms with Crippen LogP contribution in [0.2, 0.25) is 0 Å². The van der Waals surface area contributed by atoms with Crippen LogP contribution in [0.1, 0.15) is 16.8 Å². The first-order valence-electron chi connectivity index (χ1n) is 7.77. The van der Waals surface area contributed by atoms with Crippen LogP contribution in [0, 0.1) is 0 Å². The van der Waals surface area contributed by atoms with Gasteiger partial charge in [-0.2, -0.15) is 0 Å². The van der Waals surface area contributed by atoms with Crippen molar-refractivity contribution in [3.63, 3.8) is 0 Å². The number of nitrogens with one attached hydrogen (secondary N) is 1. The quantitative estimate of drug-likeness (QED) is 0.696. The molecule has 1 heterocycles. The average molecular weight is 340 g/mol. The molecule has 0 bridgehead atoms. The van der Waals surface area contributed by atoms with Crippen molar-refractivity contribution >= 4 is 0 Å². The zero-order chi connectivity index (χ0) is 15.7. The Kier molecular flexibility index (Phi) is 7.27. The van der Waals surface area contributed by atoms with Crippen molar-refractivity contribution < 1.29 is 17.1 Å². The Morgan fingerprint density at radius 1 is 0.792 bits per heavy atom. The van der Waals surface area contributed by atoms with Crippen LogP contribution in [0.5, 0.6) is 5.75 Å². The third-order valence-electron chi connectivity index (χ3n) is 3.56. The number of nitrogens with zero attached hydrogens (tertiary/aromatic N) is 1. The van der Waals surface area contributed by atoms with Gasteiger partial charge >= 0.3 is 0 Å². The molecule has 1 N–H and O–H groups in total. The maximum absolute atomic E-state index is 5.97. The molecule has 0 aliphatic rings. The molecule has 0 radical (unpaired) electrons. The third kappa shape index (κ3) is 5.37. The van der Waals surface area contributed by atoms with E-state index in [1.54, 1.807) is 0 Å². The highest BCUT2D eigenvalue weighted by Gasteiger charge is 2.03. The molecule has 3 nitrogen and oxygen atoms in total. The number of aromatic nitrogens is 1. The summed E-state index contributed by atoms with van der Waals surface area (Å²) in [5.74, 6) is 0.921. The van der Waals surface area contributed by atoms with Crippen molar-refractivity contribution in [3.05, 3.63) is 95.8 Å². The van der Waals surface area contributed by atoms with Gasteiger partial charge in [0, 0.05) is 24.8 Å². The molecule has 1 aromatic heterocycles. The molecular weight excluding hydrogens is 320 g/mol. The Hall–Kier alpha value is -2.36. The molecule has 2 aromatic carbocycles. The van der Waals surface area contributed by atoms with Crippen LogP contribution in [0.3, 0.4) is 0 Å². The zero-order valence-electron chi connectivity index (χ0n) is 13.4. The smallest absolute Gasteiger partial charge is 0.124 e. The van der Waals surface area contributed by atoms with E-state index >= 15 is 0 Å². The third-order valence-corrected chi connectivity index (χ3v) is 3.56. The van der Waals surface area contributed by atoms with E-state index in [0.29, 0.717) is 6.61 Å². The fourth-order valence-corrected chi connectivity index (χ4v) is 2.35. The van der Waals surface area contributed by atoms with Crippen LogP contribution in [-0.2, 0) is 19.7 Å². The molecule has 0 saturated heterocycles. The lowest BCUT2D eigenvalue weighted by Gasteiger charge is -2.12. The summed E-state index contributed by atoms with van der Waals surface area (Å²) in [5.41, 5.74) is 3.36. The van der Waals surface area contributed by atoms with Crippen LogP contribution in [0.15, 0.2) is 79.0 Å². The lowest BCUT2D eigenvalue weighted by atomic mass is 10.2. The van der Waals surface area contributed by atoms with E-state index in [-0.39, 0.29) is 12.4 Å². The topological polar surface area (TPSA) is 34.1 Å². The number of halogens is 1. The number of rotatable bonds is 7. The highest BCUT2D eigenvalue weighted by molar-refractivity contribution is 5.33. The van der Waals surface area contributed by atoms with E-state index in [9.17, 15) is 0 Å². The minimum atomic E-state index is 0. The number of hydrogen-bond acceptors (Lipinski definition) is 3. The van der Waals surface area contributed by atoms with E-state index in [1.807, 2.05) is 60.8 Å². The number of ether oxygens (including phenoxy) is 1. The largest absolute Gasteiger partial charge is 1.00 e. The second-order valence-corrected chi connectivity index (χ2v) is 5.31. The number of hydrogen-bond donors (Lipinski definition) is 1. The molecule has 0 amide bonds. The minimum Gasteiger partial charge on any atom is -1.00 e. The van der Waals surface area contributed by atoms with Crippen LogP contribution in [-0.4, -0.2) is 4.98 Å². The average Bonchev–Trinajstić information content (AvgIpc) is 2.63. The molecule has 4 heteroatoms. The highest BCUT2D eigenvalue weighted by atomic mass is 35.5. The Balaban J connectivity index is 0.00000208. The summed E-state index contributed by atoms with van der Waals surface area (Å²) in [7, 11) is 0. The molecule has 0 atom stereocenters. The van der Waals surface area contributed by atoms with E-state index in [0.717, 1.165) is 30.1 Å². The highest BCUT2D eigenvalue weighted by Crippen LogP contribution is 2.19. The lowest BCUT2D eigenvalue weighted by molar-refractivity contribution is -0.00000505. The van der Waals surface area contributed by atoms with E-state index < -0.39 is 0 Å². The molecule has 0 unspecified atom stereocenters. The second kappa shape index (κ2) is 9.71. The van der Waals surface area contributed by atoms with Gasteiger partial charge in [-0.3, -0.25) is 4.98 Å². The van der Waals surface area contributed by atoms with E-state index in [2.05, 4.69) is 28.5 Å². The number of pyridine rings is 1. The van der Waals surface area contributed by atoms with Gasteiger partial charge in [0.2, 0.25) is 0 Å². The molecule has 0 aliphatic heterocycles. The van der Waals surface area contributed by atoms with Gasteiger partial charge in [-0.1, -0.05) is 54.6 Å². The molecule has 24 heavy (non-hydrogen) atoms. The van der Waals surface area contributed by atoms with Crippen molar-refractivity contribution in [2.75, 3.05) is 0 Å². The Morgan fingerprint density at radius 2 is 1.54 bits per heavy atom. The summed E-state index contributed by atoms with van der Waals surface area (Å²) < 4.78 is 5.97. The summed E-state index contributed by atoms with van der Waals surface area (Å²) in [4.78, 5) is 4.31. The number of benzene rings is 2. The predicted molar refractivity (Wildman–Crippen MR) is 92.0 cm³/mol. The van der Waals surface area contributed by atoms with E-state index in [4.69, 9.17) is 4.74 Å². The van der Waals surface area contributed by atoms with Gasteiger partial charge in [0.25, 0.3) is 0 Å². The van der Waals surface area contributed by atoms with Crippen molar-refractivity contribution in [2.24, 2.45) is 0 Å². The predicted octanol–water partition coefficient (Wildman–Crippen LogP) is 0.954. The standard InChI is InChI=1S/C20H20N2O.ClH/c1-2-8-17(9-3-1)16-23-20-12-5-4-10-18(20)14-21-15-19-11-6-7-13-22-19;/h1-13,21H,14-16H2;1H/p-1. The van der Waals surface area contributed by atoms with Crippen molar-refractivity contribution in [1.82, 2.24) is 10.3 Å². The fourth-order valence-electron chi connectivity index (χ4n) is 2.35. The maximum Gasteiger partial charge on any atom is 0.124 e. The Morgan fingerprint density at radius 3 is 2.33 bits per heavy atom. The van der Waals surface area contributed by atoms with Crippen molar-refractivity contribution in [2.45, 2.75) is 19.7 Å². The molecule has 0 fully saturated rings. The number of para-hydroxylation sites is 1. The Labute approximate surface area is 149 Å². The van der Waals surface area contributed by atoms with E-state index in [1.165, 1.54) is 5.56 Å². The van der Waals surface area contributed by atoms with Crippen LogP contribution in [0.25, 0.3) is 0 Å². The molecule has 0 aliphatic carbocycles. The SMILES string of the molecule is [Cl-].c1ccc(COc2ccccc2CNCc2ccccn2)cc1. The lowest BCUT2D eigenvalue weighted by Crippen LogP contribution is -3.00. The first-order chi connectivity index (χ1) is 11.4. The zero-order valence-corrected chi connectivity index (χ0v) is 14.1. The summed E-state index contributed by atoms with van der Waals surface area (Å²) in [6, 6.07) is 24.3. The maximum atomic E-state index is 5.97. The molecular formula is C20H20ClN2O-. The van der Waals surface area contributed by atoms with Crippen LogP contribution < -0.4 is 22.5 Å². The molecule has 0 spiro atoms. The fraction of sp³-hybridized carbons (Fsp3) is 0.150. The van der Waals surface area contributed by atoms with Gasteiger partial charge in [-0.15, -0.1) is 0 Å². The first kappa shape index (κ1) is 18.0. The normalized spacial score (nSPS) is 10.0. The molecule has 124 valence electrons. The first-order valence-corrected chi connectivity index (χ1v) is 7.77. The molecule has 3 aromatic rings. The van der Waals surface area contributed by atoms with Crippen molar-refractivity contribution in [3.8, 4) is 5.75 Å². The summed E-state index contributed by atoms with van der Waals surface area (Å²) in [5, 5.41) is 3.41. The Bertz CT molecular complexity index is 720. The van der Waals surface area contributed by atoms with Gasteiger partial charge in [0.15, 0.2) is 0 Å². The van der Waals surface area contributed by atoms with Gasteiger partial charge in [0.1, 0.15) is 12.4 Å². The van der Waals surface area contributed by atoms with Crippen LogP contribution in [0.4, 0.5) is 0 Å². The molecule has 0 saturated carbocycles. The van der Waals surface area contributed by atoms with Gasteiger partial charge in [0.05, 0.1) is 5.69 Å². The van der Waals surface area contributed by atoms with Crippen LogP contribution >= 0.6 is 0 Å². The summed E-state index contributed by atoms with van der Waals surface area (Å²) in [6.07, 6.45) is 1.81. The van der Waals surface area contributed by atoms with Crippen molar-refractivity contribution in [1.29, 1.82) is 0 Å². The van der Waals surface area contributed by atoms with Gasteiger partial charge in [-0.25, -0.2) is 0 Å². The summed E-state index contributed by atoms with van der Waals surface area (Å²) in [6.45, 7) is 2.08. The minimum absolute atomic E-state index is 0. The molecule has 3 rings (SSSR count). The second-order valence-electron chi connectivity index (χ2n) is 5.31. The monoisotopic (exact) mass is 339 g/mol.